The molecule has 0 aromatic rings. The average molecular weight is 207 g/mol. The highest BCUT2D eigenvalue weighted by atomic mass is 31.2. The molecule has 5 heteroatoms. The Hall–Kier alpha value is -0.150. The molecule has 0 saturated carbocycles. The first-order valence-electron chi connectivity index (χ1n) is 4.19. The van der Waals surface area contributed by atoms with Gasteiger partial charge in [0.25, 0.3) is 0 Å². The third-order valence-corrected chi connectivity index (χ3v) is 2.14. The van der Waals surface area contributed by atoms with Gasteiger partial charge in [0.1, 0.15) is 7.60 Å². The second kappa shape index (κ2) is 4.91. The first kappa shape index (κ1) is 12.8. The van der Waals surface area contributed by atoms with Crippen LogP contribution in [0.5, 0.6) is 0 Å². The van der Waals surface area contributed by atoms with Crippen molar-refractivity contribution in [2.24, 2.45) is 0 Å². The third-order valence-electron chi connectivity index (χ3n) is 1.47. The topological polar surface area (TPSA) is 60.4 Å². The van der Waals surface area contributed by atoms with Crippen LogP contribution in [0.4, 0.5) is 0 Å². The lowest BCUT2D eigenvalue weighted by atomic mass is 10.3. The molecule has 0 saturated heterocycles. The molecular weight excluding hydrogens is 189 g/mol. The molecule has 4 nitrogen and oxygen atoms in total. The smallest absolute Gasteiger partial charge is 0.136 e. The number of rotatable bonds is 5. The Kier molecular flexibility index (Phi) is 4.86. The molecule has 1 atom stereocenters. The van der Waals surface area contributed by atoms with Crippen LogP contribution in [0.15, 0.2) is 12.2 Å². The fourth-order valence-electron chi connectivity index (χ4n) is 0.787. The number of hydrogen-bond acceptors (Lipinski definition) is 2. The molecule has 0 radical (unpaired) electrons. The van der Waals surface area contributed by atoms with E-state index in [1.807, 2.05) is 0 Å². The van der Waals surface area contributed by atoms with Crippen molar-refractivity contribution in [3.05, 3.63) is 12.2 Å². The molecule has 0 aliphatic heterocycles. The van der Waals surface area contributed by atoms with Gasteiger partial charge in [-0.05, 0) is 0 Å². The fourth-order valence-corrected chi connectivity index (χ4v) is 1.20. The first-order valence-corrected chi connectivity index (χ1v) is 5.95. The number of hydrogen-bond donors (Lipinski definition) is 1. The molecule has 0 rings (SSSR count). The molecule has 0 aliphatic carbocycles. The van der Waals surface area contributed by atoms with Gasteiger partial charge in [-0.1, -0.05) is 12.2 Å². The van der Waals surface area contributed by atoms with Crippen LogP contribution >= 0.6 is 7.60 Å². The Morgan fingerprint density at radius 1 is 1.38 bits per heavy atom. The monoisotopic (exact) mass is 207 g/mol. The molecule has 0 spiro atoms. The van der Waals surface area contributed by atoms with Crippen LogP contribution in [-0.2, 0) is 4.57 Å². The van der Waals surface area contributed by atoms with Gasteiger partial charge in [0.05, 0.1) is 27.7 Å². The molecule has 1 N–H and O–H groups in total. The third kappa shape index (κ3) is 11.9. The van der Waals surface area contributed by atoms with Crippen molar-refractivity contribution in [1.82, 2.24) is 0 Å². The van der Waals surface area contributed by atoms with Gasteiger partial charge in [-0.3, -0.25) is 0 Å². The molecular formula is C8H18NO3P. The summed E-state index contributed by atoms with van der Waals surface area (Å²) in [6.45, 7) is 0.949. The minimum atomic E-state index is -4.09. The van der Waals surface area contributed by atoms with E-state index in [9.17, 15) is 9.46 Å². The maximum Gasteiger partial charge on any atom is 0.136 e. The van der Waals surface area contributed by atoms with E-state index < -0.39 is 7.60 Å². The lowest BCUT2D eigenvalue weighted by molar-refractivity contribution is -0.869. The SMILES string of the molecule is C[N+](C)(C)CCC=CCP(=O)([O-])O. The van der Waals surface area contributed by atoms with E-state index in [2.05, 4.69) is 21.1 Å². The summed E-state index contributed by atoms with van der Waals surface area (Å²) in [5.74, 6) is 0. The Morgan fingerprint density at radius 3 is 2.31 bits per heavy atom. The van der Waals surface area contributed by atoms with Crippen molar-refractivity contribution < 1.29 is 18.8 Å². The highest BCUT2D eigenvalue weighted by molar-refractivity contribution is 7.50. The standard InChI is InChI=1S/C8H18NO3P/c1-9(2,3)7-5-4-6-8-13(10,11)12/h4,6H,5,7-8H2,1-3H3,(H-,10,11,12). The van der Waals surface area contributed by atoms with Gasteiger partial charge in [-0.15, -0.1) is 0 Å². The van der Waals surface area contributed by atoms with E-state index in [0.717, 1.165) is 17.4 Å². The van der Waals surface area contributed by atoms with Gasteiger partial charge in [-0.25, -0.2) is 0 Å². The molecule has 0 aromatic heterocycles. The van der Waals surface area contributed by atoms with Gasteiger partial charge in [0.2, 0.25) is 0 Å². The van der Waals surface area contributed by atoms with Crippen LogP contribution in [0.25, 0.3) is 0 Å². The highest BCUT2D eigenvalue weighted by Gasteiger charge is 2.03. The summed E-state index contributed by atoms with van der Waals surface area (Å²) in [5, 5.41) is 0. The summed E-state index contributed by atoms with van der Waals surface area (Å²) in [6.07, 6.45) is 3.83. The molecule has 0 aliphatic rings. The maximum absolute atomic E-state index is 10.3. The van der Waals surface area contributed by atoms with Gasteiger partial charge in [0.15, 0.2) is 0 Å². The number of allylic oxidation sites excluding steroid dienone is 1. The van der Waals surface area contributed by atoms with Crippen LogP contribution in [0.1, 0.15) is 6.42 Å². The average Bonchev–Trinajstić information content (AvgIpc) is 1.81. The van der Waals surface area contributed by atoms with E-state index in [1.165, 1.54) is 6.08 Å². The largest absolute Gasteiger partial charge is 0.778 e. The summed E-state index contributed by atoms with van der Waals surface area (Å²) < 4.78 is 11.2. The Bertz CT molecular complexity index is 214. The molecule has 0 amide bonds. The summed E-state index contributed by atoms with van der Waals surface area (Å²) in [4.78, 5) is 18.7. The van der Waals surface area contributed by atoms with Crippen molar-refractivity contribution in [1.29, 1.82) is 0 Å². The van der Waals surface area contributed by atoms with Gasteiger partial charge >= 0.3 is 0 Å². The highest BCUT2D eigenvalue weighted by Crippen LogP contribution is 2.28. The Labute approximate surface area is 79.6 Å². The summed E-state index contributed by atoms with van der Waals surface area (Å²) in [6, 6.07) is 0. The second-order valence-electron chi connectivity index (χ2n) is 4.09. The van der Waals surface area contributed by atoms with E-state index in [4.69, 9.17) is 4.89 Å². The van der Waals surface area contributed by atoms with Crippen LogP contribution in [0.3, 0.4) is 0 Å². The second-order valence-corrected chi connectivity index (χ2v) is 5.73. The molecule has 0 bridgehead atoms. The number of quaternary nitrogens is 1. The van der Waals surface area contributed by atoms with E-state index in [0.29, 0.717) is 0 Å². The normalized spacial score (nSPS) is 17.6. The zero-order valence-corrected chi connectivity index (χ0v) is 9.33. The summed E-state index contributed by atoms with van der Waals surface area (Å²) in [5.41, 5.74) is 0. The van der Waals surface area contributed by atoms with Gasteiger partial charge in [-0.2, -0.15) is 0 Å². The molecule has 0 fully saturated rings. The van der Waals surface area contributed by atoms with Crippen LogP contribution in [0, 0.1) is 0 Å². The van der Waals surface area contributed by atoms with Crippen LogP contribution in [-0.4, -0.2) is 43.2 Å². The van der Waals surface area contributed by atoms with E-state index in [1.54, 1.807) is 6.08 Å². The molecule has 0 heterocycles. The fraction of sp³-hybridized carbons (Fsp3) is 0.750. The lowest BCUT2D eigenvalue weighted by Crippen LogP contribution is -2.34. The van der Waals surface area contributed by atoms with Gasteiger partial charge < -0.3 is 18.8 Å². The quantitative estimate of drug-likeness (QED) is 0.397. The predicted molar refractivity (Wildman–Crippen MR) is 51.3 cm³/mol. The summed E-state index contributed by atoms with van der Waals surface area (Å²) in [7, 11) is 2.12. The molecule has 1 unspecified atom stereocenters. The number of nitrogens with zero attached hydrogens (tertiary/aromatic N) is 1. The van der Waals surface area contributed by atoms with Crippen LogP contribution < -0.4 is 4.89 Å². The lowest BCUT2D eigenvalue weighted by Gasteiger charge is -2.22. The van der Waals surface area contributed by atoms with Crippen molar-refractivity contribution in [3.8, 4) is 0 Å². The van der Waals surface area contributed by atoms with E-state index >= 15 is 0 Å². The van der Waals surface area contributed by atoms with Crippen LogP contribution in [0.2, 0.25) is 0 Å². The minimum Gasteiger partial charge on any atom is -0.778 e. The Balaban J connectivity index is 3.61. The maximum atomic E-state index is 10.3. The van der Waals surface area contributed by atoms with E-state index in [-0.39, 0.29) is 6.16 Å². The van der Waals surface area contributed by atoms with Crippen molar-refractivity contribution in [2.75, 3.05) is 33.8 Å². The molecule has 78 valence electrons. The molecule has 13 heavy (non-hydrogen) atoms. The Morgan fingerprint density at radius 2 is 1.92 bits per heavy atom. The zero-order valence-electron chi connectivity index (χ0n) is 8.43. The first-order chi connectivity index (χ1) is 5.71. The molecule has 0 aromatic carbocycles. The van der Waals surface area contributed by atoms with Crippen molar-refractivity contribution in [2.45, 2.75) is 6.42 Å². The zero-order chi connectivity index (χ0) is 10.5. The van der Waals surface area contributed by atoms with Crippen molar-refractivity contribution >= 4 is 7.60 Å². The summed E-state index contributed by atoms with van der Waals surface area (Å²) >= 11 is 0. The predicted octanol–water partition coefficient (Wildman–Crippen LogP) is 0.185. The minimum absolute atomic E-state index is 0.260. The van der Waals surface area contributed by atoms with Crippen molar-refractivity contribution in [3.63, 3.8) is 0 Å². The van der Waals surface area contributed by atoms with Gasteiger partial charge in [0, 0.05) is 12.6 Å².